The summed E-state index contributed by atoms with van der Waals surface area (Å²) < 4.78 is 0. The molecule has 2 rings (SSSR count). The Hall–Kier alpha value is -0.570. The van der Waals surface area contributed by atoms with E-state index < -0.39 is 0 Å². The van der Waals surface area contributed by atoms with E-state index in [0.29, 0.717) is 17.7 Å². The Bertz CT molecular complexity index is 314. The maximum atomic E-state index is 12.5. The quantitative estimate of drug-likeness (QED) is 0.815. The van der Waals surface area contributed by atoms with E-state index in [1.165, 1.54) is 6.42 Å². The van der Waals surface area contributed by atoms with Gasteiger partial charge in [-0.1, -0.05) is 34.6 Å². The van der Waals surface area contributed by atoms with E-state index in [0.717, 1.165) is 24.8 Å². The highest BCUT2D eigenvalue weighted by Crippen LogP contribution is 2.39. The monoisotopic (exact) mass is 252 g/mol. The Morgan fingerprint density at radius 3 is 2.39 bits per heavy atom. The van der Waals surface area contributed by atoms with Crippen molar-refractivity contribution in [3.63, 3.8) is 0 Å². The average molecular weight is 252 g/mol. The highest BCUT2D eigenvalue weighted by molar-refractivity contribution is 5.84. The molecule has 104 valence electrons. The molecule has 3 nitrogen and oxygen atoms in total. The molecule has 0 radical (unpaired) electrons. The summed E-state index contributed by atoms with van der Waals surface area (Å²) in [5.74, 6) is 2.90. The van der Waals surface area contributed by atoms with Gasteiger partial charge in [-0.05, 0) is 36.5 Å². The molecule has 0 aromatic carbocycles. The molecule has 4 unspecified atom stereocenters. The van der Waals surface area contributed by atoms with Crippen LogP contribution >= 0.6 is 0 Å². The minimum atomic E-state index is 0.0304. The molecule has 1 saturated carbocycles. The van der Waals surface area contributed by atoms with Crippen LogP contribution in [0, 0.1) is 23.7 Å². The van der Waals surface area contributed by atoms with Crippen molar-refractivity contribution in [2.45, 2.75) is 59.7 Å². The molecule has 2 aliphatic rings. The largest absolute Gasteiger partial charge is 0.325 e. The lowest BCUT2D eigenvalue weighted by atomic mass is 10.0. The minimum absolute atomic E-state index is 0.0304. The zero-order valence-electron chi connectivity index (χ0n) is 12.4. The van der Waals surface area contributed by atoms with E-state index in [-0.39, 0.29) is 12.2 Å². The van der Waals surface area contributed by atoms with Gasteiger partial charge in [0.2, 0.25) is 5.91 Å². The lowest BCUT2D eigenvalue weighted by Crippen LogP contribution is -2.39. The van der Waals surface area contributed by atoms with Crippen molar-refractivity contribution >= 4 is 5.91 Å². The molecule has 1 saturated heterocycles. The van der Waals surface area contributed by atoms with Crippen molar-refractivity contribution in [2.24, 2.45) is 23.7 Å². The predicted molar refractivity (Wildman–Crippen MR) is 74.0 cm³/mol. The molecule has 1 aliphatic carbocycles. The lowest BCUT2D eigenvalue weighted by Gasteiger charge is -2.25. The smallest absolute Gasteiger partial charge is 0.241 e. The number of nitrogens with zero attached hydrogens (tertiary/aromatic N) is 1. The second-order valence-corrected chi connectivity index (χ2v) is 7.00. The van der Waals surface area contributed by atoms with Crippen LogP contribution in [-0.4, -0.2) is 29.6 Å². The third kappa shape index (κ3) is 2.87. The summed E-state index contributed by atoms with van der Waals surface area (Å²) >= 11 is 0. The van der Waals surface area contributed by atoms with Crippen molar-refractivity contribution in [1.29, 1.82) is 0 Å². The molecule has 1 N–H and O–H groups in total. The van der Waals surface area contributed by atoms with Crippen molar-refractivity contribution in [3.05, 3.63) is 0 Å². The molecular formula is C15H28N2O. The number of carbonyl (C=O) groups is 1. The second kappa shape index (κ2) is 5.20. The number of rotatable bonds is 5. The van der Waals surface area contributed by atoms with Gasteiger partial charge in [0.05, 0.1) is 12.2 Å². The summed E-state index contributed by atoms with van der Waals surface area (Å²) in [6, 6.07) is 0.0304. The van der Waals surface area contributed by atoms with Gasteiger partial charge >= 0.3 is 0 Å². The van der Waals surface area contributed by atoms with Gasteiger partial charge in [0.25, 0.3) is 0 Å². The summed E-state index contributed by atoms with van der Waals surface area (Å²) in [6.07, 6.45) is 2.62. The minimum Gasteiger partial charge on any atom is -0.325 e. The highest BCUT2D eigenvalue weighted by atomic mass is 16.2. The molecule has 0 aromatic heterocycles. The predicted octanol–water partition coefficient (Wildman–Crippen LogP) is 2.47. The number of hydrogen-bond donors (Lipinski definition) is 1. The number of carbonyl (C=O) groups excluding carboxylic acids is 1. The zero-order valence-corrected chi connectivity index (χ0v) is 12.4. The van der Waals surface area contributed by atoms with E-state index in [2.05, 4.69) is 44.8 Å². The van der Waals surface area contributed by atoms with E-state index in [4.69, 9.17) is 0 Å². The van der Waals surface area contributed by atoms with Gasteiger partial charge in [0.1, 0.15) is 0 Å². The normalized spacial score (nSPS) is 35.9. The molecule has 4 atom stereocenters. The first-order chi connectivity index (χ1) is 8.40. The Morgan fingerprint density at radius 1 is 1.33 bits per heavy atom. The number of nitrogens with one attached hydrogen (secondary N) is 1. The fourth-order valence-electron chi connectivity index (χ4n) is 2.94. The first-order valence-electron chi connectivity index (χ1n) is 7.46. The number of amides is 1. The SMILES string of the molecule is CC(C)CC1NC(C(C)C)C(=O)N1CC1CC1C. The maximum absolute atomic E-state index is 12.5. The zero-order chi connectivity index (χ0) is 13.4. The van der Waals surface area contributed by atoms with Crippen LogP contribution in [0.25, 0.3) is 0 Å². The molecule has 1 amide bonds. The average Bonchev–Trinajstić information content (AvgIpc) is 2.86. The van der Waals surface area contributed by atoms with Gasteiger partial charge in [0.15, 0.2) is 0 Å². The third-order valence-corrected chi connectivity index (χ3v) is 4.37. The molecular weight excluding hydrogens is 224 g/mol. The van der Waals surface area contributed by atoms with Crippen molar-refractivity contribution in [3.8, 4) is 0 Å². The Balaban J connectivity index is 2.03. The van der Waals surface area contributed by atoms with Crippen molar-refractivity contribution in [2.75, 3.05) is 6.54 Å². The fourth-order valence-corrected chi connectivity index (χ4v) is 2.94. The van der Waals surface area contributed by atoms with Crippen LogP contribution in [0.15, 0.2) is 0 Å². The Kier molecular flexibility index (Phi) is 4.00. The van der Waals surface area contributed by atoms with Gasteiger partial charge in [-0.2, -0.15) is 0 Å². The lowest BCUT2D eigenvalue weighted by molar-refractivity contribution is -0.131. The van der Waals surface area contributed by atoms with E-state index in [1.54, 1.807) is 0 Å². The second-order valence-electron chi connectivity index (χ2n) is 7.00. The first-order valence-corrected chi connectivity index (χ1v) is 7.46. The maximum Gasteiger partial charge on any atom is 0.241 e. The number of hydrogen-bond acceptors (Lipinski definition) is 2. The molecule has 0 bridgehead atoms. The van der Waals surface area contributed by atoms with Gasteiger partial charge < -0.3 is 4.90 Å². The van der Waals surface area contributed by atoms with E-state index >= 15 is 0 Å². The molecule has 18 heavy (non-hydrogen) atoms. The van der Waals surface area contributed by atoms with Crippen LogP contribution < -0.4 is 5.32 Å². The van der Waals surface area contributed by atoms with Crippen LogP contribution in [0.1, 0.15) is 47.5 Å². The molecule has 1 aliphatic heterocycles. The first kappa shape index (κ1) is 13.9. The Labute approximate surface area is 111 Å². The molecule has 0 spiro atoms. The van der Waals surface area contributed by atoms with Gasteiger partial charge in [-0.15, -0.1) is 0 Å². The standard InChI is InChI=1S/C15H28N2O/c1-9(2)6-13-16-14(10(3)4)15(18)17(13)8-12-7-11(12)5/h9-14,16H,6-8H2,1-5H3. The molecule has 2 fully saturated rings. The van der Waals surface area contributed by atoms with Crippen molar-refractivity contribution in [1.82, 2.24) is 10.2 Å². The topological polar surface area (TPSA) is 32.3 Å². The molecule has 0 aromatic rings. The summed E-state index contributed by atoms with van der Waals surface area (Å²) in [4.78, 5) is 14.6. The summed E-state index contributed by atoms with van der Waals surface area (Å²) in [6.45, 7) is 12.0. The third-order valence-electron chi connectivity index (χ3n) is 4.37. The van der Waals surface area contributed by atoms with Crippen LogP contribution in [0.3, 0.4) is 0 Å². The highest BCUT2D eigenvalue weighted by Gasteiger charge is 2.44. The van der Waals surface area contributed by atoms with E-state index in [1.807, 2.05) is 0 Å². The summed E-state index contributed by atoms with van der Waals surface area (Å²) in [5.41, 5.74) is 0. The Morgan fingerprint density at radius 2 is 1.94 bits per heavy atom. The summed E-state index contributed by atoms with van der Waals surface area (Å²) in [5, 5.41) is 3.55. The summed E-state index contributed by atoms with van der Waals surface area (Å²) in [7, 11) is 0. The van der Waals surface area contributed by atoms with Crippen LogP contribution in [0.5, 0.6) is 0 Å². The van der Waals surface area contributed by atoms with Gasteiger partial charge in [0, 0.05) is 6.54 Å². The van der Waals surface area contributed by atoms with Crippen LogP contribution in [0.4, 0.5) is 0 Å². The van der Waals surface area contributed by atoms with Crippen LogP contribution in [-0.2, 0) is 4.79 Å². The van der Waals surface area contributed by atoms with Gasteiger partial charge in [-0.3, -0.25) is 10.1 Å². The van der Waals surface area contributed by atoms with Crippen molar-refractivity contribution < 1.29 is 4.79 Å². The molecule has 1 heterocycles. The van der Waals surface area contributed by atoms with Gasteiger partial charge in [-0.25, -0.2) is 0 Å². The fraction of sp³-hybridized carbons (Fsp3) is 0.933. The molecule has 3 heteroatoms. The van der Waals surface area contributed by atoms with E-state index in [9.17, 15) is 4.79 Å². The van der Waals surface area contributed by atoms with Crippen LogP contribution in [0.2, 0.25) is 0 Å².